The summed E-state index contributed by atoms with van der Waals surface area (Å²) < 4.78 is 1.57. The SMILES string of the molecule is C/C([CH]=[V])=C/C(=[C-]C(=O)O)[N+](=O)[O-]. The summed E-state index contributed by atoms with van der Waals surface area (Å²) >= 11 is 2.12. The van der Waals surface area contributed by atoms with Gasteiger partial charge in [-0.2, -0.15) is 0 Å². The predicted molar refractivity (Wildman–Crippen MR) is 41.2 cm³/mol. The summed E-state index contributed by atoms with van der Waals surface area (Å²) in [4.78, 5) is 19.6. The van der Waals surface area contributed by atoms with Crippen molar-refractivity contribution in [2.45, 2.75) is 6.92 Å². The van der Waals surface area contributed by atoms with Crippen LogP contribution in [0.25, 0.3) is 0 Å². The van der Waals surface area contributed by atoms with E-state index in [2.05, 4.69) is 17.0 Å². The Morgan fingerprint density at radius 1 is 1.69 bits per heavy atom. The molecule has 0 bridgehead atoms. The zero-order chi connectivity index (χ0) is 10.4. The fourth-order valence-electron chi connectivity index (χ4n) is 0.497. The summed E-state index contributed by atoms with van der Waals surface area (Å²) in [6.45, 7) is 1.62. The van der Waals surface area contributed by atoms with Gasteiger partial charge in [0.05, 0.1) is 0 Å². The average Bonchev–Trinajstić information content (AvgIpc) is 2.02. The molecule has 0 amide bonds. The van der Waals surface area contributed by atoms with E-state index >= 15 is 0 Å². The minimum atomic E-state index is -1.46. The molecule has 0 atom stereocenters. The number of hydrogen-bond acceptors (Lipinski definition) is 3. The molecule has 0 aromatic rings. The van der Waals surface area contributed by atoms with Crippen LogP contribution in [-0.4, -0.2) is 20.7 Å². The Kier molecular flexibility index (Phi) is 4.95. The van der Waals surface area contributed by atoms with Crippen molar-refractivity contribution in [3.63, 3.8) is 0 Å². The first kappa shape index (κ1) is 11.8. The summed E-state index contributed by atoms with van der Waals surface area (Å²) in [5.74, 6) is -1.46. The van der Waals surface area contributed by atoms with E-state index < -0.39 is 16.6 Å². The topological polar surface area (TPSA) is 80.4 Å². The number of allylic oxidation sites excluding steroid dienone is 2. The number of hydrogen-bond donors (Lipinski definition) is 1. The molecule has 0 aromatic carbocycles. The zero-order valence-electron chi connectivity index (χ0n) is 6.72. The fourth-order valence-corrected chi connectivity index (χ4v) is 0.613. The van der Waals surface area contributed by atoms with Crippen molar-refractivity contribution in [1.29, 1.82) is 0 Å². The van der Waals surface area contributed by atoms with E-state index in [-0.39, 0.29) is 0 Å². The average molecular weight is 219 g/mol. The van der Waals surface area contributed by atoms with Crippen molar-refractivity contribution >= 4 is 10.7 Å². The molecule has 0 heterocycles. The van der Waals surface area contributed by atoms with Crippen molar-refractivity contribution in [2.75, 3.05) is 0 Å². The molecular weight excluding hydrogens is 213 g/mol. The number of carboxylic acid groups (broad SMARTS) is 1. The molecule has 0 aliphatic heterocycles. The summed E-state index contributed by atoms with van der Waals surface area (Å²) in [5.41, 5.74) is 0.0211. The molecule has 13 heavy (non-hydrogen) atoms. The van der Waals surface area contributed by atoms with E-state index in [1.807, 2.05) is 0 Å². The number of nitro groups is 1. The summed E-state index contributed by atoms with van der Waals surface area (Å²) in [5, 5.41) is 18.5. The van der Waals surface area contributed by atoms with Crippen molar-refractivity contribution in [2.24, 2.45) is 0 Å². The third-order valence-electron chi connectivity index (χ3n) is 1.000. The van der Waals surface area contributed by atoms with Crippen LogP contribution in [0, 0.1) is 16.2 Å². The van der Waals surface area contributed by atoms with Gasteiger partial charge in [-0.05, 0) is 0 Å². The quantitative estimate of drug-likeness (QED) is 0.243. The molecule has 6 heteroatoms. The van der Waals surface area contributed by atoms with Crippen LogP contribution in [0.4, 0.5) is 0 Å². The molecule has 0 radical (unpaired) electrons. The molecule has 69 valence electrons. The number of carboxylic acids is 1. The Hall–Kier alpha value is -1.20. The second-order valence-electron chi connectivity index (χ2n) is 2.09. The van der Waals surface area contributed by atoms with E-state index in [4.69, 9.17) is 5.11 Å². The van der Waals surface area contributed by atoms with Gasteiger partial charge in [0.25, 0.3) is 0 Å². The number of aliphatic carboxylic acids is 1. The van der Waals surface area contributed by atoms with Gasteiger partial charge in [0.1, 0.15) is 0 Å². The van der Waals surface area contributed by atoms with Crippen LogP contribution in [-0.2, 0) is 21.8 Å². The van der Waals surface area contributed by atoms with Crippen LogP contribution < -0.4 is 0 Å². The minimum absolute atomic E-state index is 0.563. The van der Waals surface area contributed by atoms with E-state index in [1.165, 1.54) is 0 Å². The van der Waals surface area contributed by atoms with Gasteiger partial charge in [0, 0.05) is 0 Å². The molecule has 0 fully saturated rings. The second kappa shape index (κ2) is 5.45. The van der Waals surface area contributed by atoms with E-state index in [9.17, 15) is 14.9 Å². The molecule has 0 aromatic heterocycles. The van der Waals surface area contributed by atoms with Crippen molar-refractivity contribution < 1.29 is 31.8 Å². The zero-order valence-corrected chi connectivity index (χ0v) is 8.12. The number of nitrogens with zero attached hydrogens (tertiary/aromatic N) is 1. The maximum atomic E-state index is 10.3. The van der Waals surface area contributed by atoms with Crippen LogP contribution in [0.3, 0.4) is 0 Å². The molecule has 0 saturated heterocycles. The Morgan fingerprint density at radius 3 is 2.54 bits per heavy atom. The fraction of sp³-hybridized carbons (Fsp3) is 0.143. The Balaban J connectivity index is 4.94. The molecule has 1 N–H and O–H groups in total. The molecule has 0 aliphatic rings. The Bertz CT molecular complexity index is 306. The molecule has 0 saturated carbocycles. The van der Waals surface area contributed by atoms with Crippen molar-refractivity contribution in [3.8, 4) is 0 Å². The first-order chi connectivity index (χ1) is 5.97. The third kappa shape index (κ3) is 5.11. The molecule has 0 spiro atoms. The van der Waals surface area contributed by atoms with Gasteiger partial charge in [0.2, 0.25) is 0 Å². The van der Waals surface area contributed by atoms with Gasteiger partial charge in [-0.25, -0.2) is 0 Å². The number of rotatable bonds is 4. The van der Waals surface area contributed by atoms with E-state index in [0.717, 1.165) is 6.08 Å². The monoisotopic (exact) mass is 219 g/mol. The summed E-state index contributed by atoms with van der Waals surface area (Å²) in [7, 11) is 0. The normalized spacial score (nSPS) is 12.3. The first-order valence-corrected chi connectivity index (χ1v) is 3.95. The summed E-state index contributed by atoms with van der Waals surface area (Å²) in [6.07, 6.45) is 2.81. The number of carbonyl (C=O) groups is 1. The second-order valence-corrected chi connectivity index (χ2v) is 2.49. The molecule has 0 aliphatic carbocycles. The van der Waals surface area contributed by atoms with Crippen LogP contribution >= 0.6 is 0 Å². The maximum absolute atomic E-state index is 10.3. The van der Waals surface area contributed by atoms with Crippen molar-refractivity contribution in [1.82, 2.24) is 0 Å². The van der Waals surface area contributed by atoms with Gasteiger partial charge < -0.3 is 0 Å². The van der Waals surface area contributed by atoms with Crippen LogP contribution in [0.1, 0.15) is 6.92 Å². The standard InChI is InChI=1S/C7H6NO4.V/c1-5(2)3-6(8(11)12)4-7(9)10;/h1,3H,2H3,(H,9,10);/q-1;/b5-3+;. The molecule has 0 unspecified atom stereocenters. The first-order valence-electron chi connectivity index (χ1n) is 3.14. The Labute approximate surface area is 83.4 Å². The predicted octanol–water partition coefficient (Wildman–Crippen LogP) is 0.330. The third-order valence-corrected chi connectivity index (χ3v) is 1.64. The van der Waals surface area contributed by atoms with Crippen molar-refractivity contribution in [3.05, 3.63) is 33.5 Å². The van der Waals surface area contributed by atoms with Crippen LogP contribution in [0.15, 0.2) is 17.3 Å². The van der Waals surface area contributed by atoms with E-state index in [0.29, 0.717) is 5.57 Å². The van der Waals surface area contributed by atoms with Gasteiger partial charge in [-0.15, -0.1) is 0 Å². The van der Waals surface area contributed by atoms with Crippen LogP contribution in [0.2, 0.25) is 0 Å². The summed E-state index contributed by atoms with van der Waals surface area (Å²) in [6, 6.07) is 0. The van der Waals surface area contributed by atoms with Crippen LogP contribution in [0.5, 0.6) is 0 Å². The molecule has 5 nitrogen and oxygen atoms in total. The van der Waals surface area contributed by atoms with Gasteiger partial charge in [-0.3, -0.25) is 0 Å². The molecular formula is C7H6NO4V-. The van der Waals surface area contributed by atoms with Gasteiger partial charge in [-0.1, -0.05) is 0 Å². The van der Waals surface area contributed by atoms with E-state index in [1.54, 1.807) is 17.7 Å². The van der Waals surface area contributed by atoms with Gasteiger partial charge in [0.15, 0.2) is 0 Å². The Morgan fingerprint density at radius 2 is 2.23 bits per heavy atom. The molecule has 0 rings (SSSR count). The van der Waals surface area contributed by atoms with Gasteiger partial charge >= 0.3 is 83.0 Å².